The Bertz CT molecular complexity index is 123. The quantitative estimate of drug-likeness (QED) is 0.548. The fourth-order valence-electron chi connectivity index (χ4n) is 0.449. The van der Waals surface area contributed by atoms with E-state index < -0.39 is 0 Å². The first-order valence-corrected chi connectivity index (χ1v) is 3.69. The maximum Gasteiger partial charge on any atom is 0.177 e. The van der Waals surface area contributed by atoms with Crippen molar-refractivity contribution in [2.75, 3.05) is 0 Å². The maximum absolute atomic E-state index is 5.34. The molecule has 1 aromatic heterocycles. The topological polar surface area (TPSA) is 26.0 Å². The van der Waals surface area contributed by atoms with E-state index in [4.69, 9.17) is 5.73 Å². The molecular weight excluding hydrogens is 106 g/mol. The van der Waals surface area contributed by atoms with Crippen molar-refractivity contribution < 1.29 is 0 Å². The van der Waals surface area contributed by atoms with Gasteiger partial charge < -0.3 is 0 Å². The van der Waals surface area contributed by atoms with Gasteiger partial charge in [-0.15, -0.1) is 0 Å². The van der Waals surface area contributed by atoms with Gasteiger partial charge in [-0.1, -0.05) is 0 Å². The van der Waals surface area contributed by atoms with Crippen molar-refractivity contribution in [2.24, 2.45) is 5.73 Å². The lowest BCUT2D eigenvalue weighted by Gasteiger charge is -1.70. The molecule has 1 heterocycles. The van der Waals surface area contributed by atoms with Crippen molar-refractivity contribution in [3.63, 3.8) is 0 Å². The van der Waals surface area contributed by atoms with Gasteiger partial charge in [0, 0.05) is 0 Å². The summed E-state index contributed by atoms with van der Waals surface area (Å²) in [7, 11) is 0.282. The molecule has 0 saturated heterocycles. The van der Waals surface area contributed by atoms with E-state index in [0.717, 1.165) is 5.88 Å². The van der Waals surface area contributed by atoms with Crippen molar-refractivity contribution in [3.05, 3.63) is 22.9 Å². The summed E-state index contributed by atoms with van der Waals surface area (Å²) in [5.74, 6) is 0.771. The molecule has 0 unspecified atom stereocenters. The zero-order valence-electron chi connectivity index (χ0n) is 4.00. The Hall–Kier alpha value is -0.340. The second kappa shape index (κ2) is 2.09. The van der Waals surface area contributed by atoms with Gasteiger partial charge in [0.15, 0.2) is 5.88 Å². The molecule has 1 aromatic rings. The van der Waals surface area contributed by atoms with E-state index >= 15 is 0 Å². The minimum Gasteiger partial charge on any atom is -0.285 e. The third-order valence-electron chi connectivity index (χ3n) is 0.810. The third kappa shape index (κ3) is 1.01. The molecule has 0 bridgehead atoms. The molecule has 1 nitrogen and oxygen atoms in total. The molecule has 0 aliphatic rings. The molecule has 0 spiro atoms. The van der Waals surface area contributed by atoms with Crippen LogP contribution in [0.15, 0.2) is 22.9 Å². The predicted molar refractivity (Wildman–Crippen MR) is 33.1 cm³/mol. The zero-order chi connectivity index (χ0) is 5.11. The van der Waals surface area contributed by atoms with Gasteiger partial charge in [0.25, 0.3) is 0 Å². The van der Waals surface area contributed by atoms with Crippen LogP contribution in [-0.2, 0) is 5.88 Å². The minimum atomic E-state index is 0.282. The lowest BCUT2D eigenvalue weighted by Crippen LogP contribution is -1.84. The Balaban J connectivity index is 2.76. The molecule has 2 heteroatoms. The van der Waals surface area contributed by atoms with Crippen LogP contribution >= 0.6 is 10.5 Å². The summed E-state index contributed by atoms with van der Waals surface area (Å²) in [6.07, 6.45) is 0. The summed E-state index contributed by atoms with van der Waals surface area (Å²) in [5, 5.41) is 4.25. The second-order valence-corrected chi connectivity index (χ2v) is 3.11. The first kappa shape index (κ1) is 4.81. The molecule has 7 heavy (non-hydrogen) atoms. The summed E-state index contributed by atoms with van der Waals surface area (Å²) in [5.41, 5.74) is 5.34. The van der Waals surface area contributed by atoms with E-state index in [9.17, 15) is 0 Å². The summed E-state index contributed by atoms with van der Waals surface area (Å²) in [4.78, 5) is 0. The number of thiophene rings is 1. The molecule has 0 amide bonds. The van der Waals surface area contributed by atoms with Gasteiger partial charge >= 0.3 is 0 Å². The lowest BCUT2D eigenvalue weighted by molar-refractivity contribution is 1.27. The molecular formula is C5H8NS+. The van der Waals surface area contributed by atoms with Gasteiger partial charge in [0.1, 0.15) is 10.8 Å². The van der Waals surface area contributed by atoms with Crippen LogP contribution in [0, 0.1) is 0 Å². The maximum atomic E-state index is 5.34. The van der Waals surface area contributed by atoms with Gasteiger partial charge in [0.2, 0.25) is 0 Å². The van der Waals surface area contributed by atoms with Crippen molar-refractivity contribution >= 4 is 10.5 Å². The third-order valence-corrected chi connectivity index (χ3v) is 2.21. The van der Waals surface area contributed by atoms with E-state index in [2.05, 4.69) is 10.8 Å². The van der Waals surface area contributed by atoms with Crippen LogP contribution in [0.25, 0.3) is 0 Å². The standard InChI is InChI=1S/C5H8NS/c6-5-7-3-1-2-4-7/h1-4H,5-6H2/q+1. The van der Waals surface area contributed by atoms with Crippen LogP contribution in [0.3, 0.4) is 0 Å². The Morgan fingerprint density at radius 3 is 2.14 bits per heavy atom. The summed E-state index contributed by atoms with van der Waals surface area (Å²) in [6.45, 7) is 0. The molecule has 0 atom stereocenters. The molecule has 0 aliphatic heterocycles. The highest BCUT2D eigenvalue weighted by molar-refractivity contribution is 7.27. The average Bonchev–Trinajstić information content (AvgIpc) is 2.14. The Kier molecular flexibility index (Phi) is 1.44. The number of rotatable bonds is 1. The van der Waals surface area contributed by atoms with E-state index in [-0.39, 0.29) is 10.5 Å². The molecule has 2 N–H and O–H groups in total. The summed E-state index contributed by atoms with van der Waals surface area (Å²) < 4.78 is 0. The fourth-order valence-corrected chi connectivity index (χ4v) is 1.35. The molecule has 0 aliphatic carbocycles. The minimum absolute atomic E-state index is 0.282. The van der Waals surface area contributed by atoms with Crippen molar-refractivity contribution in [2.45, 2.75) is 5.88 Å². The van der Waals surface area contributed by atoms with E-state index in [0.29, 0.717) is 0 Å². The molecule has 1 rings (SSSR count). The van der Waals surface area contributed by atoms with Crippen molar-refractivity contribution in [3.8, 4) is 0 Å². The number of hydrogen-bond donors (Lipinski definition) is 1. The largest absolute Gasteiger partial charge is 0.285 e. The monoisotopic (exact) mass is 114 g/mol. The van der Waals surface area contributed by atoms with Crippen LogP contribution < -0.4 is 5.73 Å². The normalized spacial score (nSPS) is 9.29. The SMILES string of the molecule is NC[s+]1cccc1. The predicted octanol–water partition coefficient (Wildman–Crippen LogP) is 1.35. The second-order valence-electron chi connectivity index (χ2n) is 1.29. The van der Waals surface area contributed by atoms with Crippen LogP contribution in [0.4, 0.5) is 0 Å². The Morgan fingerprint density at radius 1 is 1.29 bits per heavy atom. The van der Waals surface area contributed by atoms with E-state index in [1.807, 2.05) is 12.1 Å². The highest BCUT2D eigenvalue weighted by atomic mass is 32.2. The Labute approximate surface area is 45.7 Å². The number of nitrogens with two attached hydrogens (primary N) is 1. The molecule has 38 valence electrons. The van der Waals surface area contributed by atoms with Gasteiger partial charge in [-0.2, -0.15) is 0 Å². The van der Waals surface area contributed by atoms with E-state index in [1.54, 1.807) is 0 Å². The summed E-state index contributed by atoms with van der Waals surface area (Å²) in [6, 6.07) is 4.08. The van der Waals surface area contributed by atoms with Gasteiger partial charge in [0.05, 0.1) is 0 Å². The average molecular weight is 114 g/mol. The first-order valence-electron chi connectivity index (χ1n) is 2.17. The van der Waals surface area contributed by atoms with Crippen molar-refractivity contribution in [1.82, 2.24) is 0 Å². The summed E-state index contributed by atoms with van der Waals surface area (Å²) >= 11 is 0. The fraction of sp³-hybridized carbons (Fsp3) is 0.200. The smallest absolute Gasteiger partial charge is 0.177 e. The molecule has 0 radical (unpaired) electrons. The lowest BCUT2D eigenvalue weighted by atomic mass is 10.7. The van der Waals surface area contributed by atoms with Crippen LogP contribution in [0.1, 0.15) is 0 Å². The molecule has 0 saturated carbocycles. The molecule has 0 aromatic carbocycles. The Morgan fingerprint density at radius 2 is 1.86 bits per heavy atom. The van der Waals surface area contributed by atoms with Gasteiger partial charge in [-0.3, -0.25) is 5.73 Å². The van der Waals surface area contributed by atoms with Gasteiger partial charge in [-0.25, -0.2) is 0 Å². The van der Waals surface area contributed by atoms with Gasteiger partial charge in [-0.05, 0) is 22.6 Å². The highest BCUT2D eigenvalue weighted by Gasteiger charge is 1.92. The van der Waals surface area contributed by atoms with Crippen LogP contribution in [0.2, 0.25) is 0 Å². The first-order chi connectivity index (χ1) is 3.43. The molecule has 0 fully saturated rings. The van der Waals surface area contributed by atoms with Crippen LogP contribution in [-0.4, -0.2) is 0 Å². The van der Waals surface area contributed by atoms with Crippen molar-refractivity contribution in [1.29, 1.82) is 0 Å². The number of hydrogen-bond acceptors (Lipinski definition) is 1. The highest BCUT2D eigenvalue weighted by Crippen LogP contribution is 2.13. The van der Waals surface area contributed by atoms with Crippen LogP contribution in [0.5, 0.6) is 0 Å². The van der Waals surface area contributed by atoms with E-state index in [1.165, 1.54) is 0 Å². The zero-order valence-corrected chi connectivity index (χ0v) is 4.82.